The minimum Gasteiger partial charge on any atom is -0.496 e. The molecule has 0 aliphatic carbocycles. The number of hydrogen-bond donors (Lipinski definition) is 0. The van der Waals surface area contributed by atoms with Gasteiger partial charge >= 0.3 is 0 Å². The lowest BCUT2D eigenvalue weighted by molar-refractivity contribution is 0.410. The largest absolute Gasteiger partial charge is 0.496 e. The van der Waals surface area contributed by atoms with Gasteiger partial charge in [-0.25, -0.2) is 0 Å². The normalized spacial score (nSPS) is 11.8. The zero-order valence-electron chi connectivity index (χ0n) is 8.36. The van der Waals surface area contributed by atoms with Gasteiger partial charge in [-0.1, -0.05) is 18.2 Å². The maximum Gasteiger partial charge on any atom is 0.123 e. The van der Waals surface area contributed by atoms with Crippen LogP contribution in [0.5, 0.6) is 5.75 Å². The van der Waals surface area contributed by atoms with E-state index in [0.29, 0.717) is 11.0 Å². The van der Waals surface area contributed by atoms with Gasteiger partial charge in [-0.15, -0.1) is 11.8 Å². The van der Waals surface area contributed by atoms with Gasteiger partial charge in [0.2, 0.25) is 0 Å². The van der Waals surface area contributed by atoms with Crippen molar-refractivity contribution in [3.63, 3.8) is 0 Å². The first-order valence-electron chi connectivity index (χ1n) is 4.41. The molecule has 0 saturated heterocycles. The van der Waals surface area contributed by atoms with Gasteiger partial charge in [0.15, 0.2) is 0 Å². The number of thioether (sulfide) groups is 1. The second kappa shape index (κ2) is 5.56. The number of ether oxygens (including phenoxy) is 1. The van der Waals surface area contributed by atoms with E-state index >= 15 is 0 Å². The van der Waals surface area contributed by atoms with Crippen molar-refractivity contribution in [3.05, 3.63) is 29.8 Å². The van der Waals surface area contributed by atoms with E-state index in [4.69, 9.17) is 10.00 Å². The molecule has 0 unspecified atom stereocenters. The first kappa shape index (κ1) is 10.9. The fourth-order valence-electron chi connectivity index (χ4n) is 1.25. The molecule has 0 saturated carbocycles. The van der Waals surface area contributed by atoms with Crippen LogP contribution in [0.1, 0.15) is 17.7 Å². The second-order valence-corrected chi connectivity index (χ2v) is 4.18. The summed E-state index contributed by atoms with van der Waals surface area (Å²) in [6, 6.07) is 10.0. The van der Waals surface area contributed by atoms with Crippen molar-refractivity contribution in [2.75, 3.05) is 12.9 Å². The summed E-state index contributed by atoms with van der Waals surface area (Å²) in [4.78, 5) is 0. The third-order valence-electron chi connectivity index (χ3n) is 1.97. The maximum atomic E-state index is 8.49. The Labute approximate surface area is 88.9 Å². The Balaban J connectivity index is 2.78. The van der Waals surface area contributed by atoms with E-state index in [0.717, 1.165) is 11.3 Å². The van der Waals surface area contributed by atoms with Crippen molar-refractivity contribution in [2.24, 2.45) is 0 Å². The summed E-state index contributed by atoms with van der Waals surface area (Å²) in [5.74, 6) is 1.41. The molecule has 0 aliphatic heterocycles. The second-order valence-electron chi connectivity index (χ2n) is 2.85. The smallest absolute Gasteiger partial charge is 0.123 e. The Bertz CT molecular complexity index is 332. The van der Waals surface area contributed by atoms with Gasteiger partial charge in [-0.3, -0.25) is 0 Å². The van der Waals surface area contributed by atoms with Crippen molar-refractivity contribution >= 4 is 11.8 Å². The van der Waals surface area contributed by atoms with Crippen molar-refractivity contribution in [3.8, 4) is 11.8 Å². The van der Waals surface area contributed by atoms with Crippen LogP contribution in [0.4, 0.5) is 0 Å². The van der Waals surface area contributed by atoms with Crippen LogP contribution in [0.25, 0.3) is 0 Å². The summed E-state index contributed by atoms with van der Waals surface area (Å²) in [6.07, 6.45) is 0. The van der Waals surface area contributed by atoms with Gasteiger partial charge in [0, 0.05) is 10.8 Å². The van der Waals surface area contributed by atoms with E-state index in [1.54, 1.807) is 18.9 Å². The Morgan fingerprint density at radius 3 is 2.86 bits per heavy atom. The molecule has 0 aliphatic rings. The molecular formula is C11H13NOS. The molecule has 0 radical (unpaired) electrons. The number of hydrogen-bond acceptors (Lipinski definition) is 3. The third-order valence-corrected chi connectivity index (χ3v) is 3.02. The molecule has 1 atom stereocenters. The van der Waals surface area contributed by atoms with E-state index in [2.05, 4.69) is 13.0 Å². The van der Waals surface area contributed by atoms with Crippen molar-refractivity contribution in [2.45, 2.75) is 12.2 Å². The first-order chi connectivity index (χ1) is 6.79. The highest BCUT2D eigenvalue weighted by Crippen LogP contribution is 2.33. The van der Waals surface area contributed by atoms with Crippen LogP contribution in [-0.4, -0.2) is 12.9 Å². The van der Waals surface area contributed by atoms with Crippen molar-refractivity contribution in [1.82, 2.24) is 0 Å². The minimum absolute atomic E-state index is 0.297. The van der Waals surface area contributed by atoms with Crippen LogP contribution >= 0.6 is 11.8 Å². The molecule has 1 rings (SSSR count). The number of nitrogens with zero attached hydrogens (tertiary/aromatic N) is 1. The van der Waals surface area contributed by atoms with E-state index < -0.39 is 0 Å². The van der Waals surface area contributed by atoms with E-state index in [1.807, 2.05) is 24.3 Å². The van der Waals surface area contributed by atoms with Gasteiger partial charge in [-0.2, -0.15) is 5.26 Å². The molecule has 74 valence electrons. The average molecular weight is 207 g/mol. The molecule has 0 bridgehead atoms. The summed E-state index contributed by atoms with van der Waals surface area (Å²) < 4.78 is 5.25. The summed E-state index contributed by atoms with van der Waals surface area (Å²) >= 11 is 1.62. The fraction of sp³-hybridized carbons (Fsp3) is 0.364. The highest BCUT2D eigenvalue weighted by molar-refractivity contribution is 7.99. The third kappa shape index (κ3) is 2.68. The molecule has 0 amide bonds. The Morgan fingerprint density at radius 1 is 1.50 bits per heavy atom. The lowest BCUT2D eigenvalue weighted by Gasteiger charge is -2.13. The Morgan fingerprint density at radius 2 is 2.21 bits per heavy atom. The first-order valence-corrected chi connectivity index (χ1v) is 5.46. The molecule has 0 fully saturated rings. The van der Waals surface area contributed by atoms with E-state index in [-0.39, 0.29) is 0 Å². The topological polar surface area (TPSA) is 33.0 Å². The quantitative estimate of drug-likeness (QED) is 0.761. The summed E-state index contributed by atoms with van der Waals surface area (Å²) in [5, 5.41) is 8.78. The number of methoxy groups -OCH3 is 1. The maximum absolute atomic E-state index is 8.49. The SMILES string of the molecule is COc1ccccc1[C@H](C)SCC#N. The van der Waals surface area contributed by atoms with Crippen LogP contribution in [-0.2, 0) is 0 Å². The standard InChI is InChI=1S/C11H13NOS/c1-9(14-8-7-12)10-5-3-4-6-11(10)13-2/h3-6,9H,8H2,1-2H3/t9-/m0/s1. The molecule has 14 heavy (non-hydrogen) atoms. The highest BCUT2D eigenvalue weighted by atomic mass is 32.2. The number of para-hydroxylation sites is 1. The van der Waals surface area contributed by atoms with Crippen LogP contribution in [0.2, 0.25) is 0 Å². The van der Waals surface area contributed by atoms with E-state index in [9.17, 15) is 0 Å². The molecule has 0 aromatic heterocycles. The van der Waals surface area contributed by atoms with Crippen molar-refractivity contribution in [1.29, 1.82) is 5.26 Å². The van der Waals surface area contributed by atoms with Gasteiger partial charge in [0.05, 0.1) is 18.9 Å². The van der Waals surface area contributed by atoms with Crippen LogP contribution < -0.4 is 4.74 Å². The Kier molecular flexibility index (Phi) is 4.34. The molecule has 1 aromatic rings. The summed E-state index contributed by atoms with van der Waals surface area (Å²) in [5.41, 5.74) is 1.15. The lowest BCUT2D eigenvalue weighted by atomic mass is 10.1. The van der Waals surface area contributed by atoms with Crippen LogP contribution in [0.15, 0.2) is 24.3 Å². The molecule has 1 aromatic carbocycles. The molecule has 2 nitrogen and oxygen atoms in total. The van der Waals surface area contributed by atoms with Crippen LogP contribution in [0, 0.1) is 11.3 Å². The van der Waals surface area contributed by atoms with Gasteiger partial charge in [0.25, 0.3) is 0 Å². The molecular weight excluding hydrogens is 194 g/mol. The predicted octanol–water partition coefficient (Wildman–Crippen LogP) is 3.01. The Hall–Kier alpha value is -1.14. The van der Waals surface area contributed by atoms with Crippen molar-refractivity contribution < 1.29 is 4.74 Å². The average Bonchev–Trinajstić information content (AvgIpc) is 2.25. The highest BCUT2D eigenvalue weighted by Gasteiger charge is 2.10. The molecule has 0 heterocycles. The summed E-state index contributed by atoms with van der Waals surface area (Å²) in [6.45, 7) is 2.08. The number of rotatable bonds is 4. The molecule has 0 N–H and O–H groups in total. The zero-order chi connectivity index (χ0) is 10.4. The lowest BCUT2D eigenvalue weighted by Crippen LogP contribution is -1.94. The van der Waals surface area contributed by atoms with E-state index in [1.165, 1.54) is 0 Å². The van der Waals surface area contributed by atoms with Crippen LogP contribution in [0.3, 0.4) is 0 Å². The van der Waals surface area contributed by atoms with Gasteiger partial charge < -0.3 is 4.74 Å². The van der Waals surface area contributed by atoms with Gasteiger partial charge in [0.1, 0.15) is 5.75 Å². The zero-order valence-corrected chi connectivity index (χ0v) is 9.17. The number of nitriles is 1. The monoisotopic (exact) mass is 207 g/mol. The fourth-order valence-corrected chi connectivity index (χ4v) is 1.95. The molecule has 0 spiro atoms. The number of benzene rings is 1. The predicted molar refractivity (Wildman–Crippen MR) is 59.5 cm³/mol. The van der Waals surface area contributed by atoms with Gasteiger partial charge in [-0.05, 0) is 13.0 Å². The minimum atomic E-state index is 0.297. The summed E-state index contributed by atoms with van der Waals surface area (Å²) in [7, 11) is 1.67. The molecule has 3 heteroatoms.